The summed E-state index contributed by atoms with van der Waals surface area (Å²) in [6.45, 7) is 2.70. The number of nitrogens with one attached hydrogen (secondary N) is 2. The van der Waals surface area contributed by atoms with Gasteiger partial charge in [-0.2, -0.15) is 11.8 Å². The highest BCUT2D eigenvalue weighted by Crippen LogP contribution is 2.40. The predicted octanol–water partition coefficient (Wildman–Crippen LogP) is 1.57. The van der Waals surface area contributed by atoms with Gasteiger partial charge in [0, 0.05) is 46.7 Å². The zero-order chi connectivity index (χ0) is 17.8. The number of carbonyl (C=O) groups is 1. The van der Waals surface area contributed by atoms with Gasteiger partial charge in [0.15, 0.2) is 5.96 Å². The molecule has 0 saturated heterocycles. The highest BCUT2D eigenvalue weighted by atomic mass is 32.2. The molecule has 6 nitrogen and oxygen atoms in total. The fraction of sp³-hybridized carbons (Fsp3) is 0.882. The van der Waals surface area contributed by atoms with Crippen molar-refractivity contribution in [2.45, 2.75) is 32.1 Å². The molecular weight excluding hydrogens is 324 g/mol. The Morgan fingerprint density at radius 1 is 1.29 bits per heavy atom. The van der Waals surface area contributed by atoms with Crippen molar-refractivity contribution < 1.29 is 9.53 Å². The molecule has 1 aliphatic carbocycles. The largest absolute Gasteiger partial charge is 0.385 e. The molecule has 1 saturated carbocycles. The lowest BCUT2D eigenvalue weighted by Gasteiger charge is -2.30. The second-order valence-electron chi connectivity index (χ2n) is 6.68. The standard InChI is InChI=1S/C17H34N4O2S/c1-21(2)15(22)13-19-16(18-10-12-24-4)20-14-17(9-11-23-3)7-5-6-8-17/h5-14H2,1-4H3,(H2,18,19,20). The predicted molar refractivity (Wildman–Crippen MR) is 103 cm³/mol. The Morgan fingerprint density at radius 2 is 2.00 bits per heavy atom. The molecule has 0 atom stereocenters. The number of thioether (sulfide) groups is 1. The van der Waals surface area contributed by atoms with Crippen molar-refractivity contribution in [2.75, 3.05) is 59.5 Å². The van der Waals surface area contributed by atoms with Crippen molar-refractivity contribution in [3.8, 4) is 0 Å². The van der Waals surface area contributed by atoms with Crippen molar-refractivity contribution in [1.82, 2.24) is 15.5 Å². The van der Waals surface area contributed by atoms with E-state index in [1.165, 1.54) is 25.7 Å². The van der Waals surface area contributed by atoms with E-state index >= 15 is 0 Å². The van der Waals surface area contributed by atoms with E-state index in [4.69, 9.17) is 4.74 Å². The quantitative estimate of drug-likeness (QED) is 0.353. The highest BCUT2D eigenvalue weighted by molar-refractivity contribution is 7.98. The number of amides is 1. The molecule has 1 amide bonds. The van der Waals surface area contributed by atoms with E-state index in [-0.39, 0.29) is 12.5 Å². The Labute approximate surface area is 151 Å². The van der Waals surface area contributed by atoms with Gasteiger partial charge < -0.3 is 20.3 Å². The van der Waals surface area contributed by atoms with Gasteiger partial charge >= 0.3 is 0 Å². The van der Waals surface area contributed by atoms with E-state index in [0.717, 1.165) is 37.8 Å². The van der Waals surface area contributed by atoms with E-state index in [0.29, 0.717) is 5.41 Å². The molecule has 0 unspecified atom stereocenters. The first-order chi connectivity index (χ1) is 11.5. The number of methoxy groups -OCH3 is 1. The van der Waals surface area contributed by atoms with Crippen LogP contribution in [-0.2, 0) is 9.53 Å². The molecule has 24 heavy (non-hydrogen) atoms. The minimum absolute atomic E-state index is 0.0101. The number of carbonyl (C=O) groups excluding carboxylic acids is 1. The molecular formula is C17H34N4O2S. The first-order valence-corrected chi connectivity index (χ1v) is 10.1. The minimum atomic E-state index is 0.0101. The summed E-state index contributed by atoms with van der Waals surface area (Å²) in [5.74, 6) is 1.76. The van der Waals surface area contributed by atoms with E-state index < -0.39 is 0 Å². The first-order valence-electron chi connectivity index (χ1n) is 8.73. The Hall–Kier alpha value is -0.950. The van der Waals surface area contributed by atoms with E-state index in [1.54, 1.807) is 37.9 Å². The molecule has 1 fully saturated rings. The van der Waals surface area contributed by atoms with Crippen LogP contribution in [0.3, 0.4) is 0 Å². The van der Waals surface area contributed by atoms with Crippen LogP contribution in [0.1, 0.15) is 32.1 Å². The summed E-state index contributed by atoms with van der Waals surface area (Å²) >= 11 is 1.79. The molecule has 1 aliphatic rings. The highest BCUT2D eigenvalue weighted by Gasteiger charge is 2.33. The summed E-state index contributed by atoms with van der Waals surface area (Å²) in [7, 11) is 5.27. The van der Waals surface area contributed by atoms with Gasteiger partial charge in [-0.1, -0.05) is 12.8 Å². The average molecular weight is 359 g/mol. The molecule has 0 aromatic carbocycles. The molecule has 0 spiro atoms. The molecule has 0 radical (unpaired) electrons. The number of likely N-dealkylation sites (N-methyl/N-ethyl adjacent to an activating group) is 1. The SMILES string of the molecule is COCCC1(CNC(=NCC(=O)N(C)C)NCCSC)CCCC1. The number of ether oxygens (including phenoxy) is 1. The van der Waals surface area contributed by atoms with Gasteiger partial charge in [-0.15, -0.1) is 0 Å². The van der Waals surface area contributed by atoms with Gasteiger partial charge in [0.25, 0.3) is 0 Å². The summed E-state index contributed by atoms with van der Waals surface area (Å²) in [6.07, 6.45) is 8.20. The van der Waals surface area contributed by atoms with Crippen molar-refractivity contribution >= 4 is 23.6 Å². The maximum absolute atomic E-state index is 11.8. The molecule has 0 aromatic rings. The summed E-state index contributed by atoms with van der Waals surface area (Å²) in [5, 5.41) is 6.80. The third kappa shape index (κ3) is 7.75. The normalized spacial score (nSPS) is 16.9. The monoisotopic (exact) mass is 358 g/mol. The van der Waals surface area contributed by atoms with Crippen LogP contribution < -0.4 is 10.6 Å². The number of hydrogen-bond donors (Lipinski definition) is 2. The number of guanidine groups is 1. The van der Waals surface area contributed by atoms with Gasteiger partial charge in [-0.25, -0.2) is 4.99 Å². The van der Waals surface area contributed by atoms with E-state index in [9.17, 15) is 4.79 Å². The van der Waals surface area contributed by atoms with Crippen LogP contribution in [0, 0.1) is 5.41 Å². The van der Waals surface area contributed by atoms with Crippen LogP contribution in [0.25, 0.3) is 0 Å². The van der Waals surface area contributed by atoms with Crippen molar-refractivity contribution in [2.24, 2.45) is 10.4 Å². The second kappa shape index (κ2) is 11.6. The molecule has 0 bridgehead atoms. The van der Waals surface area contributed by atoms with E-state index in [2.05, 4.69) is 21.9 Å². The number of rotatable bonds is 10. The Kier molecular flexibility index (Phi) is 10.2. The summed E-state index contributed by atoms with van der Waals surface area (Å²) in [4.78, 5) is 17.8. The average Bonchev–Trinajstić information content (AvgIpc) is 3.04. The molecule has 140 valence electrons. The lowest BCUT2D eigenvalue weighted by Crippen LogP contribution is -2.44. The smallest absolute Gasteiger partial charge is 0.243 e. The minimum Gasteiger partial charge on any atom is -0.385 e. The molecule has 0 aliphatic heterocycles. The third-order valence-electron chi connectivity index (χ3n) is 4.60. The summed E-state index contributed by atoms with van der Waals surface area (Å²) in [5.41, 5.74) is 0.295. The van der Waals surface area contributed by atoms with Crippen molar-refractivity contribution in [1.29, 1.82) is 0 Å². The summed E-state index contributed by atoms with van der Waals surface area (Å²) < 4.78 is 5.29. The maximum Gasteiger partial charge on any atom is 0.243 e. The van der Waals surface area contributed by atoms with Gasteiger partial charge in [0.05, 0.1) is 0 Å². The van der Waals surface area contributed by atoms with Gasteiger partial charge in [-0.05, 0) is 30.9 Å². The second-order valence-corrected chi connectivity index (χ2v) is 7.66. The van der Waals surface area contributed by atoms with Crippen LogP contribution >= 0.6 is 11.8 Å². The Balaban J connectivity index is 2.61. The van der Waals surface area contributed by atoms with Crippen LogP contribution in [0.5, 0.6) is 0 Å². The number of nitrogens with zero attached hydrogens (tertiary/aromatic N) is 2. The van der Waals surface area contributed by atoms with Gasteiger partial charge in [0.1, 0.15) is 6.54 Å². The van der Waals surface area contributed by atoms with Gasteiger partial charge in [0.2, 0.25) is 5.91 Å². The molecule has 2 N–H and O–H groups in total. The fourth-order valence-electron chi connectivity index (χ4n) is 2.96. The van der Waals surface area contributed by atoms with Crippen molar-refractivity contribution in [3.05, 3.63) is 0 Å². The zero-order valence-corrected chi connectivity index (χ0v) is 16.5. The maximum atomic E-state index is 11.8. The molecule has 1 rings (SSSR count). The summed E-state index contributed by atoms with van der Waals surface area (Å²) in [6, 6.07) is 0. The molecule has 0 heterocycles. The van der Waals surface area contributed by atoms with Crippen LogP contribution in [0.15, 0.2) is 4.99 Å². The lowest BCUT2D eigenvalue weighted by molar-refractivity contribution is -0.127. The zero-order valence-electron chi connectivity index (χ0n) is 15.7. The van der Waals surface area contributed by atoms with Crippen LogP contribution in [0.4, 0.5) is 0 Å². The van der Waals surface area contributed by atoms with Gasteiger partial charge in [-0.3, -0.25) is 4.79 Å². The molecule has 0 aromatic heterocycles. The Bertz CT molecular complexity index is 396. The topological polar surface area (TPSA) is 66.0 Å². The third-order valence-corrected chi connectivity index (χ3v) is 5.21. The van der Waals surface area contributed by atoms with Crippen molar-refractivity contribution in [3.63, 3.8) is 0 Å². The van der Waals surface area contributed by atoms with Crippen LogP contribution in [0.2, 0.25) is 0 Å². The Morgan fingerprint density at radius 3 is 2.58 bits per heavy atom. The number of aliphatic imine (C=N–C) groups is 1. The number of hydrogen-bond acceptors (Lipinski definition) is 4. The lowest BCUT2D eigenvalue weighted by atomic mass is 9.83. The first kappa shape index (κ1) is 21.1. The van der Waals surface area contributed by atoms with E-state index in [1.807, 2.05) is 0 Å². The fourth-order valence-corrected chi connectivity index (χ4v) is 3.27. The van der Waals surface area contributed by atoms with Crippen LogP contribution in [-0.4, -0.2) is 76.2 Å². The molecule has 7 heteroatoms.